The molecule has 0 spiro atoms. The maximum atomic E-state index is 12.3. The Bertz CT molecular complexity index is 456. The van der Waals surface area contributed by atoms with Crippen LogP contribution in [0.2, 0.25) is 0 Å². The maximum Gasteiger partial charge on any atom is 0.257 e. The highest BCUT2D eigenvalue weighted by Crippen LogP contribution is 2.25. The monoisotopic (exact) mass is 327 g/mol. The summed E-state index contributed by atoms with van der Waals surface area (Å²) in [5, 5.41) is 9.83. The minimum atomic E-state index is -0.0964. The Balaban J connectivity index is 2.01. The largest absolute Gasteiger partial charge is 0.507 e. The van der Waals surface area contributed by atoms with Crippen LogP contribution in [-0.2, 0) is 4.74 Å². The van der Waals surface area contributed by atoms with E-state index in [1.54, 1.807) is 30.2 Å². The molecule has 1 aliphatic rings. The van der Waals surface area contributed by atoms with Crippen LogP contribution >= 0.6 is 15.9 Å². The average Bonchev–Trinajstić information content (AvgIpc) is 2.39. The van der Waals surface area contributed by atoms with Crippen LogP contribution in [0.15, 0.2) is 22.7 Å². The second-order valence-corrected chi connectivity index (χ2v) is 5.77. The molecular formula is C14H18BrNO3. The number of hydrogen-bond acceptors (Lipinski definition) is 3. The fourth-order valence-electron chi connectivity index (χ4n) is 2.39. The van der Waals surface area contributed by atoms with Crippen molar-refractivity contribution in [1.29, 1.82) is 0 Å². The molecule has 0 bridgehead atoms. The van der Waals surface area contributed by atoms with Crippen molar-refractivity contribution in [1.82, 2.24) is 4.90 Å². The molecule has 1 fully saturated rings. The number of hydrogen-bond donors (Lipinski definition) is 1. The summed E-state index contributed by atoms with van der Waals surface area (Å²) < 4.78 is 5.91. The average molecular weight is 328 g/mol. The fourth-order valence-corrected chi connectivity index (χ4v) is 2.74. The predicted octanol–water partition coefficient (Wildman–Crippen LogP) is 2.65. The molecular weight excluding hydrogens is 310 g/mol. The molecule has 1 aromatic carbocycles. The van der Waals surface area contributed by atoms with Crippen LogP contribution < -0.4 is 0 Å². The van der Waals surface area contributed by atoms with Gasteiger partial charge in [0.1, 0.15) is 5.75 Å². The second-order valence-electron chi connectivity index (χ2n) is 4.85. The number of amides is 1. The Labute approximate surface area is 121 Å². The number of likely N-dealkylation sites (tertiary alicyclic amines) is 1. The van der Waals surface area contributed by atoms with Gasteiger partial charge in [0, 0.05) is 31.3 Å². The topological polar surface area (TPSA) is 49.8 Å². The minimum absolute atomic E-state index is 0.0263. The summed E-state index contributed by atoms with van der Waals surface area (Å²) in [7, 11) is 1.71. The molecule has 5 heteroatoms. The van der Waals surface area contributed by atoms with Crippen LogP contribution in [0.5, 0.6) is 5.75 Å². The van der Waals surface area contributed by atoms with Crippen LogP contribution in [0.1, 0.15) is 23.2 Å². The van der Waals surface area contributed by atoms with Gasteiger partial charge in [0.05, 0.1) is 5.56 Å². The molecule has 19 heavy (non-hydrogen) atoms. The normalized spacial score (nSPS) is 16.6. The van der Waals surface area contributed by atoms with E-state index < -0.39 is 0 Å². The second kappa shape index (κ2) is 6.39. The lowest BCUT2D eigenvalue weighted by Gasteiger charge is -2.31. The predicted molar refractivity (Wildman–Crippen MR) is 76.3 cm³/mol. The molecule has 0 unspecified atom stereocenters. The smallest absolute Gasteiger partial charge is 0.257 e. The Morgan fingerprint density at radius 2 is 2.16 bits per heavy atom. The first kappa shape index (κ1) is 14.3. The third-order valence-corrected chi connectivity index (χ3v) is 3.99. The number of aromatic hydroxyl groups is 1. The van der Waals surface area contributed by atoms with Gasteiger partial charge in [-0.05, 0) is 37.0 Å². The van der Waals surface area contributed by atoms with Gasteiger partial charge >= 0.3 is 0 Å². The number of carbonyl (C=O) groups is 1. The van der Waals surface area contributed by atoms with Crippen LogP contribution in [-0.4, -0.2) is 42.7 Å². The fraction of sp³-hybridized carbons (Fsp3) is 0.500. The first-order valence-corrected chi connectivity index (χ1v) is 7.18. The summed E-state index contributed by atoms with van der Waals surface area (Å²) in [4.78, 5) is 14.1. The Morgan fingerprint density at radius 3 is 2.74 bits per heavy atom. The number of phenolic OH excluding ortho intramolecular Hbond substituents is 1. The van der Waals surface area contributed by atoms with E-state index in [-0.39, 0.29) is 11.7 Å². The van der Waals surface area contributed by atoms with E-state index in [2.05, 4.69) is 15.9 Å². The van der Waals surface area contributed by atoms with Gasteiger partial charge < -0.3 is 14.7 Å². The summed E-state index contributed by atoms with van der Waals surface area (Å²) in [5.41, 5.74) is 0.369. The molecule has 1 heterocycles. The van der Waals surface area contributed by atoms with Crippen molar-refractivity contribution in [2.24, 2.45) is 5.92 Å². The van der Waals surface area contributed by atoms with E-state index >= 15 is 0 Å². The van der Waals surface area contributed by atoms with Gasteiger partial charge in [-0.15, -0.1) is 0 Å². The molecule has 0 aromatic heterocycles. The zero-order valence-electron chi connectivity index (χ0n) is 10.9. The highest BCUT2D eigenvalue weighted by molar-refractivity contribution is 9.10. The van der Waals surface area contributed by atoms with Crippen molar-refractivity contribution in [2.45, 2.75) is 12.8 Å². The first-order chi connectivity index (χ1) is 9.11. The number of methoxy groups -OCH3 is 1. The summed E-state index contributed by atoms with van der Waals surface area (Å²) in [6.07, 6.45) is 1.91. The van der Waals surface area contributed by atoms with Crippen LogP contribution in [0.4, 0.5) is 0 Å². The zero-order chi connectivity index (χ0) is 13.8. The van der Waals surface area contributed by atoms with Crippen molar-refractivity contribution < 1.29 is 14.6 Å². The van der Waals surface area contributed by atoms with E-state index in [4.69, 9.17) is 4.74 Å². The maximum absolute atomic E-state index is 12.3. The number of phenols is 1. The number of rotatable bonds is 3. The van der Waals surface area contributed by atoms with Gasteiger partial charge in [0.25, 0.3) is 5.91 Å². The molecule has 0 saturated carbocycles. The molecule has 1 saturated heterocycles. The summed E-state index contributed by atoms with van der Waals surface area (Å²) in [6.45, 7) is 2.20. The number of ether oxygens (including phenoxy) is 1. The highest BCUT2D eigenvalue weighted by atomic mass is 79.9. The van der Waals surface area contributed by atoms with Crippen molar-refractivity contribution in [2.75, 3.05) is 26.8 Å². The molecule has 104 valence electrons. The Kier molecular flexibility index (Phi) is 4.82. The van der Waals surface area contributed by atoms with Crippen molar-refractivity contribution >= 4 is 21.8 Å². The van der Waals surface area contributed by atoms with Gasteiger partial charge in [-0.1, -0.05) is 15.9 Å². The molecule has 1 N–H and O–H groups in total. The minimum Gasteiger partial charge on any atom is -0.507 e. The first-order valence-electron chi connectivity index (χ1n) is 6.38. The summed E-state index contributed by atoms with van der Waals surface area (Å²) >= 11 is 3.27. The highest BCUT2D eigenvalue weighted by Gasteiger charge is 2.25. The number of benzene rings is 1. The van der Waals surface area contributed by atoms with Gasteiger partial charge in [-0.2, -0.15) is 0 Å². The molecule has 4 nitrogen and oxygen atoms in total. The molecule has 0 atom stereocenters. The zero-order valence-corrected chi connectivity index (χ0v) is 12.5. The van der Waals surface area contributed by atoms with E-state index in [0.29, 0.717) is 11.5 Å². The van der Waals surface area contributed by atoms with Crippen LogP contribution in [0.25, 0.3) is 0 Å². The number of carbonyl (C=O) groups excluding carboxylic acids is 1. The quantitative estimate of drug-likeness (QED) is 0.928. The molecule has 0 radical (unpaired) electrons. The van der Waals surface area contributed by atoms with Gasteiger partial charge in [0.15, 0.2) is 0 Å². The molecule has 0 aliphatic carbocycles. The standard InChI is InChI=1S/C14H18BrNO3/c1-19-9-10-4-6-16(7-5-10)14(18)12-3-2-11(15)8-13(12)17/h2-3,8,10,17H,4-7,9H2,1H3. The SMILES string of the molecule is COCC1CCN(C(=O)c2ccc(Br)cc2O)CC1. The third kappa shape index (κ3) is 3.48. The number of nitrogens with zero attached hydrogens (tertiary/aromatic N) is 1. The Morgan fingerprint density at radius 1 is 1.47 bits per heavy atom. The van der Waals surface area contributed by atoms with Crippen molar-refractivity contribution in [3.05, 3.63) is 28.2 Å². The van der Waals surface area contributed by atoms with Gasteiger partial charge in [0.2, 0.25) is 0 Å². The number of halogens is 1. The van der Waals surface area contributed by atoms with Crippen LogP contribution in [0, 0.1) is 5.92 Å². The molecule has 2 rings (SSSR count). The molecule has 1 amide bonds. The van der Waals surface area contributed by atoms with Gasteiger partial charge in [-0.25, -0.2) is 0 Å². The van der Waals surface area contributed by atoms with E-state index in [0.717, 1.165) is 37.0 Å². The lowest BCUT2D eigenvalue weighted by atomic mass is 9.97. The summed E-state index contributed by atoms with van der Waals surface area (Å²) in [6, 6.07) is 4.97. The summed E-state index contributed by atoms with van der Waals surface area (Å²) in [5.74, 6) is 0.465. The third-order valence-electron chi connectivity index (χ3n) is 3.49. The Hall–Kier alpha value is -1.07. The van der Waals surface area contributed by atoms with Crippen LogP contribution in [0.3, 0.4) is 0 Å². The lowest BCUT2D eigenvalue weighted by molar-refractivity contribution is 0.0611. The number of piperidine rings is 1. The van der Waals surface area contributed by atoms with E-state index in [1.807, 2.05) is 0 Å². The van der Waals surface area contributed by atoms with Crippen molar-refractivity contribution in [3.8, 4) is 5.75 Å². The van der Waals surface area contributed by atoms with E-state index in [9.17, 15) is 9.90 Å². The molecule has 1 aromatic rings. The van der Waals surface area contributed by atoms with Gasteiger partial charge in [-0.3, -0.25) is 4.79 Å². The van der Waals surface area contributed by atoms with Crippen molar-refractivity contribution in [3.63, 3.8) is 0 Å². The van der Waals surface area contributed by atoms with E-state index in [1.165, 1.54) is 0 Å². The lowest BCUT2D eigenvalue weighted by Crippen LogP contribution is -2.39. The molecule has 1 aliphatic heterocycles.